The maximum atomic E-state index is 11.6. The molecule has 0 amide bonds. The summed E-state index contributed by atoms with van der Waals surface area (Å²) in [7, 11) is 0. The van der Waals surface area contributed by atoms with Crippen LogP contribution in [-0.4, -0.2) is 18.1 Å². The molecule has 0 bridgehead atoms. The number of nitrogens with two attached hydrogens (primary N) is 1. The molecule has 0 aliphatic carbocycles. The molecular formula is C16H33NO2. The third-order valence-corrected chi connectivity index (χ3v) is 3.41. The van der Waals surface area contributed by atoms with Gasteiger partial charge in [-0.15, -0.1) is 0 Å². The van der Waals surface area contributed by atoms with Gasteiger partial charge in [-0.1, -0.05) is 52.4 Å². The zero-order valence-electron chi connectivity index (χ0n) is 13.1. The maximum Gasteiger partial charge on any atom is 0.322 e. The molecule has 0 aromatic heterocycles. The van der Waals surface area contributed by atoms with E-state index in [0.29, 0.717) is 0 Å². The van der Waals surface area contributed by atoms with Crippen LogP contribution >= 0.6 is 0 Å². The van der Waals surface area contributed by atoms with Crippen LogP contribution in [0.5, 0.6) is 0 Å². The van der Waals surface area contributed by atoms with Crippen molar-refractivity contribution in [3.63, 3.8) is 0 Å². The molecule has 0 rings (SSSR count). The number of carbonyl (C=O) groups is 1. The molecule has 0 fully saturated rings. The molecule has 3 heteroatoms. The van der Waals surface area contributed by atoms with Gasteiger partial charge in [0.25, 0.3) is 0 Å². The Morgan fingerprint density at radius 1 is 0.947 bits per heavy atom. The van der Waals surface area contributed by atoms with Crippen LogP contribution in [0, 0.1) is 0 Å². The Balaban J connectivity index is 3.95. The van der Waals surface area contributed by atoms with E-state index in [2.05, 4.69) is 13.8 Å². The van der Waals surface area contributed by atoms with Gasteiger partial charge in [0.15, 0.2) is 0 Å². The summed E-state index contributed by atoms with van der Waals surface area (Å²) >= 11 is 0. The monoisotopic (exact) mass is 271 g/mol. The van der Waals surface area contributed by atoms with Gasteiger partial charge >= 0.3 is 5.97 Å². The van der Waals surface area contributed by atoms with Crippen LogP contribution < -0.4 is 5.73 Å². The van der Waals surface area contributed by atoms with E-state index < -0.39 is 6.04 Å². The van der Waals surface area contributed by atoms with Gasteiger partial charge in [-0.2, -0.15) is 0 Å². The van der Waals surface area contributed by atoms with Crippen molar-refractivity contribution in [1.82, 2.24) is 0 Å². The van der Waals surface area contributed by atoms with E-state index >= 15 is 0 Å². The largest absolute Gasteiger partial charge is 0.461 e. The zero-order valence-corrected chi connectivity index (χ0v) is 13.1. The second kappa shape index (κ2) is 12.5. The first-order chi connectivity index (χ1) is 9.11. The molecule has 2 N–H and O–H groups in total. The van der Waals surface area contributed by atoms with Gasteiger partial charge in [0.05, 0.1) is 0 Å². The van der Waals surface area contributed by atoms with Gasteiger partial charge in [-0.05, 0) is 32.6 Å². The molecule has 19 heavy (non-hydrogen) atoms. The highest BCUT2D eigenvalue weighted by molar-refractivity contribution is 5.75. The van der Waals surface area contributed by atoms with Crippen molar-refractivity contribution in [3.05, 3.63) is 0 Å². The Labute approximate surface area is 119 Å². The fourth-order valence-electron chi connectivity index (χ4n) is 2.13. The van der Waals surface area contributed by atoms with Crippen LogP contribution in [0.1, 0.15) is 85.0 Å². The number of unbranched alkanes of at least 4 members (excludes halogenated alkanes) is 6. The molecule has 1 unspecified atom stereocenters. The minimum absolute atomic E-state index is 0.0761. The molecule has 3 nitrogen and oxygen atoms in total. The molecule has 0 aliphatic heterocycles. The fourth-order valence-corrected chi connectivity index (χ4v) is 2.13. The highest BCUT2D eigenvalue weighted by Crippen LogP contribution is 2.16. The third-order valence-electron chi connectivity index (χ3n) is 3.41. The van der Waals surface area contributed by atoms with Crippen molar-refractivity contribution < 1.29 is 9.53 Å². The molecule has 0 saturated heterocycles. The van der Waals surface area contributed by atoms with Crippen molar-refractivity contribution in [2.45, 2.75) is 97.1 Å². The van der Waals surface area contributed by atoms with E-state index in [1.54, 1.807) is 6.92 Å². The van der Waals surface area contributed by atoms with Gasteiger partial charge in [-0.25, -0.2) is 0 Å². The Morgan fingerprint density at radius 3 is 1.79 bits per heavy atom. The van der Waals surface area contributed by atoms with Crippen LogP contribution in [0.2, 0.25) is 0 Å². The van der Waals surface area contributed by atoms with Crippen LogP contribution in [0.15, 0.2) is 0 Å². The van der Waals surface area contributed by atoms with Crippen molar-refractivity contribution in [1.29, 1.82) is 0 Å². The third kappa shape index (κ3) is 11.0. The number of esters is 1. The second-order valence-electron chi connectivity index (χ2n) is 5.55. The normalized spacial score (nSPS) is 12.7. The highest BCUT2D eigenvalue weighted by Gasteiger charge is 2.16. The molecule has 0 aromatic carbocycles. The lowest BCUT2D eigenvalue weighted by molar-refractivity contribution is -0.151. The summed E-state index contributed by atoms with van der Waals surface area (Å²) in [5.41, 5.74) is 5.56. The molecule has 0 aromatic rings. The smallest absolute Gasteiger partial charge is 0.322 e. The number of rotatable bonds is 12. The van der Waals surface area contributed by atoms with Gasteiger partial charge in [0.2, 0.25) is 0 Å². The van der Waals surface area contributed by atoms with Crippen molar-refractivity contribution >= 4 is 5.97 Å². The fraction of sp³-hybridized carbons (Fsp3) is 0.938. The highest BCUT2D eigenvalue weighted by atomic mass is 16.5. The summed E-state index contributed by atoms with van der Waals surface area (Å²) in [6.07, 6.45) is 11.8. The lowest BCUT2D eigenvalue weighted by atomic mass is 10.0. The van der Waals surface area contributed by atoms with Gasteiger partial charge in [-0.3, -0.25) is 4.79 Å². The predicted octanol–water partition coefficient (Wildman–Crippen LogP) is 4.19. The minimum Gasteiger partial charge on any atom is -0.461 e. The molecule has 0 radical (unpaired) electrons. The SMILES string of the molecule is CCCCCCC(CCCCCC)OC(=O)C(C)N. The van der Waals surface area contributed by atoms with Crippen LogP contribution in [0.3, 0.4) is 0 Å². The van der Waals surface area contributed by atoms with Crippen LogP contribution in [-0.2, 0) is 9.53 Å². The number of hydrogen-bond acceptors (Lipinski definition) is 3. The quantitative estimate of drug-likeness (QED) is 0.428. The first-order valence-corrected chi connectivity index (χ1v) is 8.07. The zero-order chi connectivity index (χ0) is 14.5. The Bertz CT molecular complexity index is 205. The molecule has 0 saturated carbocycles. The van der Waals surface area contributed by atoms with E-state index in [9.17, 15) is 4.79 Å². The first-order valence-electron chi connectivity index (χ1n) is 8.07. The summed E-state index contributed by atoms with van der Waals surface area (Å²) in [6.45, 7) is 6.10. The van der Waals surface area contributed by atoms with Crippen LogP contribution in [0.4, 0.5) is 0 Å². The average molecular weight is 271 g/mol. The first kappa shape index (κ1) is 18.4. The number of ether oxygens (including phenoxy) is 1. The lowest BCUT2D eigenvalue weighted by Crippen LogP contribution is -2.32. The van der Waals surface area contributed by atoms with E-state index in [0.717, 1.165) is 25.7 Å². The summed E-state index contributed by atoms with van der Waals surface area (Å²) in [5.74, 6) is -0.254. The molecule has 114 valence electrons. The summed E-state index contributed by atoms with van der Waals surface area (Å²) in [4.78, 5) is 11.6. The van der Waals surface area contributed by atoms with Gasteiger partial charge < -0.3 is 10.5 Å². The summed E-state index contributed by atoms with van der Waals surface area (Å²) < 4.78 is 5.51. The van der Waals surface area contributed by atoms with Gasteiger partial charge in [0, 0.05) is 0 Å². The van der Waals surface area contributed by atoms with E-state index in [1.165, 1.54) is 38.5 Å². The predicted molar refractivity (Wildman–Crippen MR) is 81.0 cm³/mol. The molecule has 0 heterocycles. The lowest BCUT2D eigenvalue weighted by Gasteiger charge is -2.19. The van der Waals surface area contributed by atoms with Gasteiger partial charge in [0.1, 0.15) is 12.1 Å². The van der Waals surface area contributed by atoms with Crippen molar-refractivity contribution in [3.8, 4) is 0 Å². The Morgan fingerprint density at radius 2 is 1.42 bits per heavy atom. The molecule has 0 aliphatic rings. The molecule has 0 spiro atoms. The van der Waals surface area contributed by atoms with E-state index in [1.807, 2.05) is 0 Å². The topological polar surface area (TPSA) is 52.3 Å². The summed E-state index contributed by atoms with van der Waals surface area (Å²) in [5, 5.41) is 0. The molecule has 1 atom stereocenters. The van der Waals surface area contributed by atoms with Crippen LogP contribution in [0.25, 0.3) is 0 Å². The Kier molecular flexibility index (Phi) is 12.1. The average Bonchev–Trinajstić information content (AvgIpc) is 2.38. The standard InChI is InChI=1S/C16H33NO2/c1-4-6-8-10-12-15(13-11-9-7-5-2)19-16(18)14(3)17/h14-15H,4-13,17H2,1-3H3. The minimum atomic E-state index is -0.506. The number of hydrogen-bond donors (Lipinski definition) is 1. The summed E-state index contributed by atoms with van der Waals surface area (Å²) in [6, 6.07) is -0.506. The number of carbonyl (C=O) groups excluding carboxylic acids is 1. The molecular weight excluding hydrogens is 238 g/mol. The second-order valence-corrected chi connectivity index (χ2v) is 5.55. The Hall–Kier alpha value is -0.570. The van der Waals surface area contributed by atoms with E-state index in [4.69, 9.17) is 10.5 Å². The van der Waals surface area contributed by atoms with Crippen molar-refractivity contribution in [2.24, 2.45) is 5.73 Å². The van der Waals surface area contributed by atoms with E-state index in [-0.39, 0.29) is 12.1 Å². The maximum absolute atomic E-state index is 11.6. The van der Waals surface area contributed by atoms with Crippen molar-refractivity contribution in [2.75, 3.05) is 0 Å².